The van der Waals surface area contributed by atoms with Crippen molar-refractivity contribution in [3.8, 4) is 5.75 Å². The maximum atomic E-state index is 12.6. The summed E-state index contributed by atoms with van der Waals surface area (Å²) in [5, 5.41) is 3.02. The molecule has 144 valence electrons. The minimum atomic E-state index is 0.00756. The molecule has 1 atom stereocenters. The van der Waals surface area contributed by atoms with E-state index in [1.54, 1.807) is 7.11 Å². The highest BCUT2D eigenvalue weighted by Gasteiger charge is 2.27. The van der Waals surface area contributed by atoms with Crippen molar-refractivity contribution in [1.29, 1.82) is 0 Å². The van der Waals surface area contributed by atoms with Crippen LogP contribution >= 0.6 is 0 Å². The maximum Gasteiger partial charge on any atom is 0.238 e. The number of para-hydroxylation sites is 1. The molecule has 2 aromatic rings. The molecular formula is C22H29N3O2. The number of likely N-dealkylation sites (tertiary alicyclic amines) is 1. The highest BCUT2D eigenvalue weighted by Crippen LogP contribution is 2.26. The van der Waals surface area contributed by atoms with Gasteiger partial charge in [0.2, 0.25) is 5.91 Å². The molecule has 3 rings (SSSR count). The first kappa shape index (κ1) is 19.2. The molecule has 0 radical (unpaired) electrons. The number of anilines is 2. The highest BCUT2D eigenvalue weighted by molar-refractivity contribution is 5.93. The van der Waals surface area contributed by atoms with E-state index in [1.807, 2.05) is 31.2 Å². The Morgan fingerprint density at radius 1 is 1.26 bits per heavy atom. The molecule has 1 aliphatic heterocycles. The van der Waals surface area contributed by atoms with Gasteiger partial charge in [0.25, 0.3) is 0 Å². The fourth-order valence-electron chi connectivity index (χ4n) is 3.71. The maximum absolute atomic E-state index is 12.6. The smallest absolute Gasteiger partial charge is 0.238 e. The van der Waals surface area contributed by atoms with E-state index >= 15 is 0 Å². The standard InChI is InChI=1S/C22H29N3O2/c1-17-11-12-21(27-3)20(14-17)23-22(26)16-25-13-7-10-19(25)15-24(2)18-8-5-4-6-9-18/h4-6,8-9,11-12,14,19H,7,10,13,15-16H2,1-3H3,(H,23,26). The number of rotatable bonds is 7. The van der Waals surface area contributed by atoms with E-state index < -0.39 is 0 Å². The number of likely N-dealkylation sites (N-methyl/N-ethyl adjacent to an activating group) is 1. The molecule has 1 unspecified atom stereocenters. The fourth-order valence-corrected chi connectivity index (χ4v) is 3.71. The molecule has 1 amide bonds. The number of nitrogens with one attached hydrogen (secondary N) is 1. The van der Waals surface area contributed by atoms with Crippen LogP contribution in [0.3, 0.4) is 0 Å². The lowest BCUT2D eigenvalue weighted by atomic mass is 10.2. The van der Waals surface area contributed by atoms with Crippen LogP contribution in [-0.2, 0) is 4.79 Å². The number of amides is 1. The van der Waals surface area contributed by atoms with E-state index in [0.717, 1.165) is 37.2 Å². The quantitative estimate of drug-likeness (QED) is 0.813. The van der Waals surface area contributed by atoms with Gasteiger partial charge < -0.3 is 15.0 Å². The Hall–Kier alpha value is -2.53. The van der Waals surface area contributed by atoms with Crippen molar-refractivity contribution in [3.05, 3.63) is 54.1 Å². The normalized spacial score (nSPS) is 16.9. The third-order valence-electron chi connectivity index (χ3n) is 5.16. The summed E-state index contributed by atoms with van der Waals surface area (Å²) >= 11 is 0. The van der Waals surface area contributed by atoms with Gasteiger partial charge in [0, 0.05) is 25.3 Å². The minimum Gasteiger partial charge on any atom is -0.495 e. The molecule has 1 heterocycles. The van der Waals surface area contributed by atoms with Crippen molar-refractivity contribution < 1.29 is 9.53 Å². The molecule has 0 aromatic heterocycles. The molecular weight excluding hydrogens is 338 g/mol. The number of hydrogen-bond acceptors (Lipinski definition) is 4. The van der Waals surface area contributed by atoms with E-state index in [1.165, 1.54) is 5.69 Å². The van der Waals surface area contributed by atoms with E-state index in [9.17, 15) is 4.79 Å². The van der Waals surface area contributed by atoms with Gasteiger partial charge in [-0.1, -0.05) is 24.3 Å². The molecule has 0 aliphatic carbocycles. The van der Waals surface area contributed by atoms with Crippen molar-refractivity contribution in [3.63, 3.8) is 0 Å². The third-order valence-corrected chi connectivity index (χ3v) is 5.16. The fraction of sp³-hybridized carbons (Fsp3) is 0.409. The van der Waals surface area contributed by atoms with Gasteiger partial charge in [-0.05, 0) is 56.1 Å². The minimum absolute atomic E-state index is 0.00756. The van der Waals surface area contributed by atoms with Crippen LogP contribution < -0.4 is 15.0 Å². The van der Waals surface area contributed by atoms with Crippen molar-refractivity contribution >= 4 is 17.3 Å². The SMILES string of the molecule is COc1ccc(C)cc1NC(=O)CN1CCCC1CN(C)c1ccccc1. The van der Waals surface area contributed by atoms with E-state index in [-0.39, 0.29) is 5.91 Å². The molecule has 5 nitrogen and oxygen atoms in total. The summed E-state index contributed by atoms with van der Waals surface area (Å²) < 4.78 is 5.36. The number of carbonyl (C=O) groups is 1. The summed E-state index contributed by atoms with van der Waals surface area (Å²) in [4.78, 5) is 17.2. The van der Waals surface area contributed by atoms with Gasteiger partial charge in [-0.25, -0.2) is 0 Å². The predicted molar refractivity (Wildman–Crippen MR) is 111 cm³/mol. The van der Waals surface area contributed by atoms with Crippen molar-refractivity contribution in [2.45, 2.75) is 25.8 Å². The number of hydrogen-bond donors (Lipinski definition) is 1. The van der Waals surface area contributed by atoms with Crippen LogP contribution in [0.25, 0.3) is 0 Å². The largest absolute Gasteiger partial charge is 0.495 e. The Labute approximate surface area is 161 Å². The van der Waals surface area contributed by atoms with Gasteiger partial charge >= 0.3 is 0 Å². The van der Waals surface area contributed by atoms with Gasteiger partial charge in [0.05, 0.1) is 19.3 Å². The molecule has 27 heavy (non-hydrogen) atoms. The number of methoxy groups -OCH3 is 1. The summed E-state index contributed by atoms with van der Waals surface area (Å²) in [6.45, 7) is 4.30. The van der Waals surface area contributed by atoms with Crippen molar-refractivity contribution in [2.24, 2.45) is 0 Å². The summed E-state index contributed by atoms with van der Waals surface area (Å²) in [5.74, 6) is 0.698. The Kier molecular flexibility index (Phi) is 6.35. The molecule has 2 aromatic carbocycles. The molecule has 0 spiro atoms. The summed E-state index contributed by atoms with van der Waals surface area (Å²) in [7, 11) is 3.74. The monoisotopic (exact) mass is 367 g/mol. The van der Waals surface area contributed by atoms with Crippen LogP contribution in [0.15, 0.2) is 48.5 Å². The Morgan fingerprint density at radius 2 is 2.04 bits per heavy atom. The van der Waals surface area contributed by atoms with Crippen LogP contribution in [0.5, 0.6) is 5.75 Å². The highest BCUT2D eigenvalue weighted by atomic mass is 16.5. The Bertz CT molecular complexity index is 763. The number of carbonyl (C=O) groups excluding carboxylic acids is 1. The average Bonchev–Trinajstić information content (AvgIpc) is 3.09. The van der Waals surface area contributed by atoms with E-state index in [2.05, 4.69) is 46.4 Å². The first-order chi connectivity index (χ1) is 13.1. The molecule has 1 saturated heterocycles. The third kappa shape index (κ3) is 5.01. The van der Waals surface area contributed by atoms with Crippen molar-refractivity contribution in [2.75, 3.05) is 44.0 Å². The summed E-state index contributed by atoms with van der Waals surface area (Å²) in [6, 6.07) is 16.6. The van der Waals surface area contributed by atoms with Crippen LogP contribution in [-0.4, -0.2) is 50.6 Å². The van der Waals surface area contributed by atoms with Gasteiger partial charge in [0.15, 0.2) is 0 Å². The molecule has 1 aliphatic rings. The van der Waals surface area contributed by atoms with Crippen LogP contribution in [0, 0.1) is 6.92 Å². The topological polar surface area (TPSA) is 44.8 Å². The lowest BCUT2D eigenvalue weighted by Crippen LogP contribution is -2.42. The second kappa shape index (κ2) is 8.91. The van der Waals surface area contributed by atoms with Gasteiger partial charge in [-0.15, -0.1) is 0 Å². The number of ether oxygens (including phenoxy) is 1. The molecule has 5 heteroatoms. The molecule has 0 saturated carbocycles. The number of nitrogens with zero attached hydrogens (tertiary/aromatic N) is 2. The van der Waals surface area contributed by atoms with Crippen LogP contribution in [0.2, 0.25) is 0 Å². The van der Waals surface area contributed by atoms with Crippen LogP contribution in [0.4, 0.5) is 11.4 Å². The molecule has 1 N–H and O–H groups in total. The second-order valence-corrected chi connectivity index (χ2v) is 7.23. The average molecular weight is 367 g/mol. The zero-order chi connectivity index (χ0) is 19.2. The Morgan fingerprint density at radius 3 is 2.78 bits per heavy atom. The lowest BCUT2D eigenvalue weighted by molar-refractivity contribution is -0.117. The predicted octanol–water partition coefficient (Wildman–Crippen LogP) is 3.54. The second-order valence-electron chi connectivity index (χ2n) is 7.23. The number of aryl methyl sites for hydroxylation is 1. The summed E-state index contributed by atoms with van der Waals surface area (Å²) in [5.41, 5.74) is 3.03. The lowest BCUT2D eigenvalue weighted by Gasteiger charge is -2.29. The Balaban J connectivity index is 1.59. The van der Waals surface area contributed by atoms with E-state index in [4.69, 9.17) is 4.74 Å². The first-order valence-corrected chi connectivity index (χ1v) is 9.51. The van der Waals surface area contributed by atoms with Crippen LogP contribution in [0.1, 0.15) is 18.4 Å². The van der Waals surface area contributed by atoms with Gasteiger partial charge in [-0.3, -0.25) is 9.69 Å². The molecule has 1 fully saturated rings. The van der Waals surface area contributed by atoms with E-state index in [0.29, 0.717) is 18.3 Å². The zero-order valence-corrected chi connectivity index (χ0v) is 16.4. The number of benzene rings is 2. The van der Waals surface area contributed by atoms with Crippen molar-refractivity contribution in [1.82, 2.24) is 4.90 Å². The molecule has 0 bridgehead atoms. The van der Waals surface area contributed by atoms with Gasteiger partial charge in [0.1, 0.15) is 5.75 Å². The zero-order valence-electron chi connectivity index (χ0n) is 16.4. The first-order valence-electron chi connectivity index (χ1n) is 9.51. The summed E-state index contributed by atoms with van der Waals surface area (Å²) in [6.07, 6.45) is 2.26. The van der Waals surface area contributed by atoms with Gasteiger partial charge in [-0.2, -0.15) is 0 Å².